The Bertz CT molecular complexity index is 719. The van der Waals surface area contributed by atoms with Gasteiger partial charge in [0.15, 0.2) is 0 Å². The summed E-state index contributed by atoms with van der Waals surface area (Å²) < 4.78 is 0. The smallest absolute Gasteiger partial charge is 0.134 e. The number of rotatable bonds is 4. The van der Waals surface area contributed by atoms with E-state index in [4.69, 9.17) is 11.6 Å². The third kappa shape index (κ3) is 3.55. The Hall–Kier alpha value is -1.55. The van der Waals surface area contributed by atoms with Crippen molar-refractivity contribution in [1.29, 1.82) is 0 Å². The molecule has 2 aromatic rings. The number of aliphatic hydroxyl groups is 1. The second-order valence-corrected chi connectivity index (χ2v) is 7.67. The van der Waals surface area contributed by atoms with Crippen molar-refractivity contribution >= 4 is 11.6 Å². The normalized spacial score (nSPS) is 25.1. The van der Waals surface area contributed by atoms with Crippen molar-refractivity contribution in [3.05, 3.63) is 64.7 Å². The molecule has 134 valence electrons. The zero-order valence-corrected chi connectivity index (χ0v) is 15.6. The number of nitrogens with zero attached hydrogens (tertiary/aromatic N) is 1. The summed E-state index contributed by atoms with van der Waals surface area (Å²) >= 11 is 5.97. The van der Waals surface area contributed by atoms with Gasteiger partial charge in [-0.2, -0.15) is 0 Å². The van der Waals surface area contributed by atoms with Crippen LogP contribution in [0.1, 0.15) is 42.9 Å². The predicted octanol–water partition coefficient (Wildman–Crippen LogP) is 4.73. The molecule has 0 radical (unpaired) electrons. The van der Waals surface area contributed by atoms with E-state index in [2.05, 4.69) is 31.1 Å². The van der Waals surface area contributed by atoms with Gasteiger partial charge in [0, 0.05) is 12.0 Å². The fraction of sp³-hybridized carbons (Fsp3) is 0.429. The van der Waals surface area contributed by atoms with Gasteiger partial charge in [0.1, 0.15) is 5.75 Å². The molecule has 3 atom stereocenters. The third-order valence-corrected chi connectivity index (χ3v) is 5.78. The predicted molar refractivity (Wildman–Crippen MR) is 102 cm³/mol. The molecule has 0 heterocycles. The summed E-state index contributed by atoms with van der Waals surface area (Å²) in [6.07, 6.45) is 3.71. The minimum absolute atomic E-state index is 0.0260. The zero-order chi connectivity index (χ0) is 18.0. The van der Waals surface area contributed by atoms with Crippen LogP contribution >= 0.6 is 11.6 Å². The standard InChI is InChI=1S/C21H26ClNO2/c1-23(2)20(15-8-4-3-5-9-15)17-10-6-7-13-21(17,25)16-11-12-18(22)19(24)14-16/h3-5,8-9,11-12,14,17,20,24-25H,6-7,10,13H2,1-2H3. The van der Waals surface area contributed by atoms with E-state index in [1.807, 2.05) is 24.3 Å². The SMILES string of the molecule is CN(C)C(c1ccccc1)C1CCCCC1(O)c1ccc(Cl)c(O)c1. The van der Waals surface area contributed by atoms with E-state index >= 15 is 0 Å². The van der Waals surface area contributed by atoms with Crippen molar-refractivity contribution in [2.45, 2.75) is 37.3 Å². The van der Waals surface area contributed by atoms with Gasteiger partial charge in [-0.1, -0.05) is 60.8 Å². The van der Waals surface area contributed by atoms with Gasteiger partial charge < -0.3 is 15.1 Å². The molecule has 0 bridgehead atoms. The summed E-state index contributed by atoms with van der Waals surface area (Å²) in [6.45, 7) is 0. The molecule has 0 saturated heterocycles. The first-order valence-corrected chi connectivity index (χ1v) is 9.24. The third-order valence-electron chi connectivity index (χ3n) is 5.46. The average molecular weight is 360 g/mol. The first kappa shape index (κ1) is 18.2. The van der Waals surface area contributed by atoms with Crippen molar-refractivity contribution in [3.8, 4) is 5.75 Å². The van der Waals surface area contributed by atoms with E-state index in [9.17, 15) is 10.2 Å². The molecule has 2 N–H and O–H groups in total. The molecule has 0 spiro atoms. The average Bonchev–Trinajstić information content (AvgIpc) is 2.60. The highest BCUT2D eigenvalue weighted by atomic mass is 35.5. The monoisotopic (exact) mass is 359 g/mol. The quantitative estimate of drug-likeness (QED) is 0.829. The first-order chi connectivity index (χ1) is 11.9. The molecule has 1 fully saturated rings. The molecule has 4 heteroatoms. The number of hydrogen-bond donors (Lipinski definition) is 2. The summed E-state index contributed by atoms with van der Waals surface area (Å²) in [5.41, 5.74) is 0.975. The van der Waals surface area contributed by atoms with Gasteiger partial charge in [-0.25, -0.2) is 0 Å². The summed E-state index contributed by atoms with van der Waals surface area (Å²) in [6, 6.07) is 15.6. The number of phenols is 1. The van der Waals surface area contributed by atoms with Gasteiger partial charge >= 0.3 is 0 Å². The molecule has 25 heavy (non-hydrogen) atoms. The fourth-order valence-electron chi connectivity index (χ4n) is 4.28. The Morgan fingerprint density at radius 1 is 1.12 bits per heavy atom. The Kier molecular flexibility index (Phi) is 5.38. The van der Waals surface area contributed by atoms with Crippen molar-refractivity contribution < 1.29 is 10.2 Å². The lowest BCUT2D eigenvalue weighted by Crippen LogP contribution is -2.45. The molecule has 3 rings (SSSR count). The molecule has 0 aromatic heterocycles. The molecule has 3 unspecified atom stereocenters. The second kappa shape index (κ2) is 7.36. The van der Waals surface area contributed by atoms with Crippen LogP contribution in [0.2, 0.25) is 5.02 Å². The second-order valence-electron chi connectivity index (χ2n) is 7.26. The highest BCUT2D eigenvalue weighted by Gasteiger charge is 2.45. The van der Waals surface area contributed by atoms with Gasteiger partial charge in [-0.05, 0) is 50.2 Å². The number of hydrogen-bond acceptors (Lipinski definition) is 3. The molecule has 3 nitrogen and oxygen atoms in total. The molecule has 1 saturated carbocycles. The molecule has 1 aliphatic rings. The Balaban J connectivity index is 2.05. The van der Waals surface area contributed by atoms with Crippen LogP contribution in [0, 0.1) is 5.92 Å². The van der Waals surface area contributed by atoms with Crippen molar-refractivity contribution in [2.75, 3.05) is 14.1 Å². The largest absolute Gasteiger partial charge is 0.506 e. The van der Waals surface area contributed by atoms with Crippen LogP contribution in [0.15, 0.2) is 48.5 Å². The summed E-state index contributed by atoms with van der Waals surface area (Å²) in [5.74, 6) is 0.0669. The Morgan fingerprint density at radius 2 is 1.84 bits per heavy atom. The van der Waals surface area contributed by atoms with Crippen LogP contribution in [-0.4, -0.2) is 29.2 Å². The number of aromatic hydroxyl groups is 1. The van der Waals surface area contributed by atoms with E-state index in [-0.39, 0.29) is 17.7 Å². The molecule has 2 aromatic carbocycles. The van der Waals surface area contributed by atoms with Crippen LogP contribution in [-0.2, 0) is 5.60 Å². The van der Waals surface area contributed by atoms with Gasteiger partial charge in [0.2, 0.25) is 0 Å². The molecule has 0 amide bonds. The van der Waals surface area contributed by atoms with E-state index in [1.165, 1.54) is 5.56 Å². The van der Waals surface area contributed by atoms with Crippen molar-refractivity contribution in [2.24, 2.45) is 5.92 Å². The minimum Gasteiger partial charge on any atom is -0.506 e. The van der Waals surface area contributed by atoms with Crippen LogP contribution < -0.4 is 0 Å². The van der Waals surface area contributed by atoms with E-state index in [0.717, 1.165) is 24.8 Å². The van der Waals surface area contributed by atoms with Gasteiger partial charge in [-0.15, -0.1) is 0 Å². The Morgan fingerprint density at radius 3 is 2.48 bits per heavy atom. The summed E-state index contributed by atoms with van der Waals surface area (Å²) in [7, 11) is 4.12. The lowest BCUT2D eigenvalue weighted by atomic mass is 9.67. The highest BCUT2D eigenvalue weighted by Crippen LogP contribution is 2.49. The lowest BCUT2D eigenvalue weighted by molar-refractivity contribution is -0.0838. The van der Waals surface area contributed by atoms with Gasteiger partial charge in [-0.3, -0.25) is 0 Å². The van der Waals surface area contributed by atoms with E-state index in [0.29, 0.717) is 11.4 Å². The fourth-order valence-corrected chi connectivity index (χ4v) is 4.40. The van der Waals surface area contributed by atoms with Gasteiger partial charge in [0.25, 0.3) is 0 Å². The summed E-state index contributed by atoms with van der Waals surface area (Å²) in [4.78, 5) is 2.19. The van der Waals surface area contributed by atoms with Crippen molar-refractivity contribution in [1.82, 2.24) is 4.90 Å². The number of benzene rings is 2. The number of halogens is 1. The molecular weight excluding hydrogens is 334 g/mol. The number of phenolic OH excluding ortho intramolecular Hbond substituents is 1. The lowest BCUT2D eigenvalue weighted by Gasteiger charge is -2.46. The molecular formula is C21H26ClNO2. The van der Waals surface area contributed by atoms with E-state index in [1.54, 1.807) is 12.1 Å². The maximum Gasteiger partial charge on any atom is 0.134 e. The highest BCUT2D eigenvalue weighted by molar-refractivity contribution is 6.32. The van der Waals surface area contributed by atoms with Crippen LogP contribution in [0.3, 0.4) is 0 Å². The first-order valence-electron chi connectivity index (χ1n) is 8.86. The topological polar surface area (TPSA) is 43.7 Å². The molecule has 1 aliphatic carbocycles. The Labute approximate surface area is 154 Å². The van der Waals surface area contributed by atoms with Crippen molar-refractivity contribution in [3.63, 3.8) is 0 Å². The van der Waals surface area contributed by atoms with Crippen LogP contribution in [0.4, 0.5) is 0 Å². The van der Waals surface area contributed by atoms with Gasteiger partial charge in [0.05, 0.1) is 10.6 Å². The molecule has 0 aliphatic heterocycles. The van der Waals surface area contributed by atoms with Crippen LogP contribution in [0.5, 0.6) is 5.75 Å². The maximum absolute atomic E-state index is 11.7. The summed E-state index contributed by atoms with van der Waals surface area (Å²) in [5, 5.41) is 22.1. The zero-order valence-electron chi connectivity index (χ0n) is 14.8. The maximum atomic E-state index is 11.7. The van der Waals surface area contributed by atoms with E-state index < -0.39 is 5.60 Å². The van der Waals surface area contributed by atoms with Crippen LogP contribution in [0.25, 0.3) is 0 Å². The minimum atomic E-state index is -0.981.